The third-order valence-electron chi connectivity index (χ3n) is 2.72. The molecule has 0 radical (unpaired) electrons. The highest BCUT2D eigenvalue weighted by molar-refractivity contribution is 5.82. The zero-order chi connectivity index (χ0) is 14.1. The topological polar surface area (TPSA) is 44.8 Å². The first-order valence-electron chi connectivity index (χ1n) is 6.60. The van der Waals surface area contributed by atoms with E-state index in [0.717, 1.165) is 11.3 Å². The second kappa shape index (κ2) is 8.67. The molecular formula is C15H22O4. The van der Waals surface area contributed by atoms with Crippen LogP contribution in [0.5, 0.6) is 5.75 Å². The highest BCUT2D eigenvalue weighted by Gasteiger charge is 2.18. The zero-order valence-electron chi connectivity index (χ0n) is 11.8. The minimum atomic E-state index is -0.728. The van der Waals surface area contributed by atoms with Gasteiger partial charge >= 0.3 is 0 Å². The summed E-state index contributed by atoms with van der Waals surface area (Å²) < 4.78 is 15.6. The summed E-state index contributed by atoms with van der Waals surface area (Å²) in [5.74, 6) is 0.802. The SMILES string of the molecule is CCOC(OCC)C(=O)CCc1ccc(OC)cc1. The highest BCUT2D eigenvalue weighted by Crippen LogP contribution is 2.13. The van der Waals surface area contributed by atoms with Crippen LogP contribution in [0.1, 0.15) is 25.8 Å². The van der Waals surface area contributed by atoms with Crippen LogP contribution in [0, 0.1) is 0 Å². The fraction of sp³-hybridized carbons (Fsp3) is 0.533. The van der Waals surface area contributed by atoms with Crippen LogP contribution < -0.4 is 4.74 Å². The van der Waals surface area contributed by atoms with Crippen molar-refractivity contribution in [2.75, 3.05) is 20.3 Å². The average molecular weight is 266 g/mol. The summed E-state index contributed by atoms with van der Waals surface area (Å²) in [6, 6.07) is 7.70. The van der Waals surface area contributed by atoms with Gasteiger partial charge in [-0.3, -0.25) is 4.79 Å². The Hall–Kier alpha value is -1.39. The van der Waals surface area contributed by atoms with Crippen LogP contribution in [0.3, 0.4) is 0 Å². The molecule has 0 fully saturated rings. The van der Waals surface area contributed by atoms with Crippen molar-refractivity contribution in [2.24, 2.45) is 0 Å². The van der Waals surface area contributed by atoms with Gasteiger partial charge in [0.2, 0.25) is 6.29 Å². The Morgan fingerprint density at radius 3 is 2.16 bits per heavy atom. The van der Waals surface area contributed by atoms with Crippen LogP contribution in [0.25, 0.3) is 0 Å². The number of rotatable bonds is 9. The summed E-state index contributed by atoms with van der Waals surface area (Å²) in [6.45, 7) is 4.64. The molecule has 0 heterocycles. The van der Waals surface area contributed by atoms with Gasteiger partial charge in [0.1, 0.15) is 5.75 Å². The van der Waals surface area contributed by atoms with E-state index in [1.54, 1.807) is 7.11 Å². The van der Waals surface area contributed by atoms with Crippen molar-refractivity contribution in [3.63, 3.8) is 0 Å². The van der Waals surface area contributed by atoms with E-state index < -0.39 is 6.29 Å². The normalized spacial score (nSPS) is 10.7. The lowest BCUT2D eigenvalue weighted by Crippen LogP contribution is -2.27. The lowest BCUT2D eigenvalue weighted by Gasteiger charge is -2.15. The molecule has 0 saturated carbocycles. The second-order valence-electron chi connectivity index (χ2n) is 4.06. The quantitative estimate of drug-likeness (QED) is 0.644. The largest absolute Gasteiger partial charge is 0.497 e. The fourth-order valence-electron chi connectivity index (χ4n) is 1.71. The molecule has 0 N–H and O–H groups in total. The third kappa shape index (κ3) is 5.41. The Morgan fingerprint density at radius 2 is 1.68 bits per heavy atom. The molecule has 0 aromatic heterocycles. The van der Waals surface area contributed by atoms with Gasteiger partial charge in [-0.1, -0.05) is 12.1 Å². The number of ketones is 1. The molecule has 0 spiro atoms. The Labute approximate surface area is 114 Å². The number of ether oxygens (including phenoxy) is 3. The molecule has 4 heteroatoms. The van der Waals surface area contributed by atoms with Crippen molar-refractivity contribution in [1.29, 1.82) is 0 Å². The fourth-order valence-corrected chi connectivity index (χ4v) is 1.71. The van der Waals surface area contributed by atoms with Crippen LogP contribution in [0.15, 0.2) is 24.3 Å². The molecule has 0 atom stereocenters. The molecule has 0 aliphatic carbocycles. The molecule has 0 saturated heterocycles. The molecule has 106 valence electrons. The molecule has 1 rings (SSSR count). The second-order valence-corrected chi connectivity index (χ2v) is 4.06. The molecule has 0 aliphatic rings. The molecule has 0 amide bonds. The summed E-state index contributed by atoms with van der Waals surface area (Å²) in [5.41, 5.74) is 1.10. The van der Waals surface area contributed by atoms with E-state index in [1.165, 1.54) is 0 Å². The van der Waals surface area contributed by atoms with Gasteiger partial charge in [-0.25, -0.2) is 0 Å². The Kier molecular flexibility index (Phi) is 7.15. The maximum absolute atomic E-state index is 11.9. The van der Waals surface area contributed by atoms with Crippen LogP contribution >= 0.6 is 0 Å². The number of hydrogen-bond donors (Lipinski definition) is 0. The van der Waals surface area contributed by atoms with Crippen molar-refractivity contribution in [1.82, 2.24) is 0 Å². The standard InChI is InChI=1S/C15H22O4/c1-4-18-15(19-5-2)14(16)11-8-12-6-9-13(17-3)10-7-12/h6-7,9-10,15H,4-5,8,11H2,1-3H3. The van der Waals surface area contributed by atoms with Crippen molar-refractivity contribution in [2.45, 2.75) is 33.0 Å². The van der Waals surface area contributed by atoms with Crippen LogP contribution in [0.4, 0.5) is 0 Å². The monoisotopic (exact) mass is 266 g/mol. The van der Waals surface area contributed by atoms with E-state index in [0.29, 0.717) is 26.1 Å². The van der Waals surface area contributed by atoms with Gasteiger partial charge in [-0.15, -0.1) is 0 Å². The summed E-state index contributed by atoms with van der Waals surface area (Å²) in [7, 11) is 1.63. The van der Waals surface area contributed by atoms with E-state index >= 15 is 0 Å². The summed E-state index contributed by atoms with van der Waals surface area (Å²) in [4.78, 5) is 11.9. The summed E-state index contributed by atoms with van der Waals surface area (Å²) in [5, 5.41) is 0. The predicted molar refractivity (Wildman–Crippen MR) is 73.4 cm³/mol. The Balaban J connectivity index is 2.46. The molecule has 1 aromatic carbocycles. The first kappa shape index (κ1) is 15.7. The van der Waals surface area contributed by atoms with E-state index in [9.17, 15) is 4.79 Å². The van der Waals surface area contributed by atoms with E-state index in [1.807, 2.05) is 38.1 Å². The van der Waals surface area contributed by atoms with E-state index in [2.05, 4.69) is 0 Å². The molecule has 0 bridgehead atoms. The van der Waals surface area contributed by atoms with E-state index in [-0.39, 0.29) is 5.78 Å². The molecule has 19 heavy (non-hydrogen) atoms. The number of benzene rings is 1. The molecule has 0 unspecified atom stereocenters. The molecule has 0 aliphatic heterocycles. The van der Waals surface area contributed by atoms with Gasteiger partial charge in [0, 0.05) is 19.6 Å². The number of aryl methyl sites for hydroxylation is 1. The maximum atomic E-state index is 11.9. The lowest BCUT2D eigenvalue weighted by atomic mass is 10.1. The summed E-state index contributed by atoms with van der Waals surface area (Å²) in [6.07, 6.45) is 0.365. The first-order chi connectivity index (χ1) is 9.21. The molecular weight excluding hydrogens is 244 g/mol. The average Bonchev–Trinajstić information content (AvgIpc) is 2.45. The summed E-state index contributed by atoms with van der Waals surface area (Å²) >= 11 is 0. The number of carbonyl (C=O) groups excluding carboxylic acids is 1. The van der Waals surface area contributed by atoms with Gasteiger partial charge in [0.15, 0.2) is 5.78 Å². The minimum absolute atomic E-state index is 0.0143. The van der Waals surface area contributed by atoms with Gasteiger partial charge < -0.3 is 14.2 Å². The third-order valence-corrected chi connectivity index (χ3v) is 2.72. The molecule has 4 nitrogen and oxygen atoms in total. The van der Waals surface area contributed by atoms with E-state index in [4.69, 9.17) is 14.2 Å². The lowest BCUT2D eigenvalue weighted by molar-refractivity contribution is -0.167. The van der Waals surface area contributed by atoms with Crippen LogP contribution in [0.2, 0.25) is 0 Å². The maximum Gasteiger partial charge on any atom is 0.217 e. The van der Waals surface area contributed by atoms with Gasteiger partial charge in [0.05, 0.1) is 7.11 Å². The zero-order valence-corrected chi connectivity index (χ0v) is 11.8. The Bertz CT molecular complexity index is 366. The number of hydrogen-bond acceptors (Lipinski definition) is 4. The first-order valence-corrected chi connectivity index (χ1v) is 6.60. The number of methoxy groups -OCH3 is 1. The van der Waals surface area contributed by atoms with Gasteiger partial charge in [-0.2, -0.15) is 0 Å². The number of Topliss-reactive ketones (excluding diaryl/α,β-unsaturated/α-hetero) is 1. The molecule has 1 aromatic rings. The van der Waals surface area contributed by atoms with Crippen LogP contribution in [-0.2, 0) is 20.7 Å². The van der Waals surface area contributed by atoms with Crippen molar-refractivity contribution in [3.05, 3.63) is 29.8 Å². The minimum Gasteiger partial charge on any atom is -0.497 e. The highest BCUT2D eigenvalue weighted by atomic mass is 16.7. The smallest absolute Gasteiger partial charge is 0.217 e. The van der Waals surface area contributed by atoms with Gasteiger partial charge in [0.25, 0.3) is 0 Å². The van der Waals surface area contributed by atoms with Crippen LogP contribution in [-0.4, -0.2) is 32.4 Å². The number of carbonyl (C=O) groups is 1. The predicted octanol–water partition coefficient (Wildman–Crippen LogP) is 2.60. The van der Waals surface area contributed by atoms with Crippen molar-refractivity contribution in [3.8, 4) is 5.75 Å². The van der Waals surface area contributed by atoms with Crippen molar-refractivity contribution < 1.29 is 19.0 Å². The van der Waals surface area contributed by atoms with Crippen molar-refractivity contribution >= 4 is 5.78 Å². The van der Waals surface area contributed by atoms with Gasteiger partial charge in [-0.05, 0) is 38.0 Å². The Morgan fingerprint density at radius 1 is 1.11 bits per heavy atom.